The van der Waals surface area contributed by atoms with Crippen LogP contribution in [-0.2, 0) is 15.4 Å². The van der Waals surface area contributed by atoms with Gasteiger partial charge in [-0.05, 0) is 59.5 Å². The van der Waals surface area contributed by atoms with Crippen molar-refractivity contribution in [2.45, 2.75) is 36.0 Å². The van der Waals surface area contributed by atoms with Crippen molar-refractivity contribution < 1.29 is 8.42 Å². The molecule has 1 fully saturated rings. The van der Waals surface area contributed by atoms with Crippen LogP contribution in [0.5, 0.6) is 0 Å². The number of benzene rings is 1. The summed E-state index contributed by atoms with van der Waals surface area (Å²) in [6.45, 7) is 0.453. The van der Waals surface area contributed by atoms with Crippen LogP contribution in [-0.4, -0.2) is 15.0 Å². The summed E-state index contributed by atoms with van der Waals surface area (Å²) >= 11 is 7.48. The minimum Gasteiger partial charge on any atom is -0.210 e. The predicted molar refractivity (Wildman–Crippen MR) is 91.1 cm³/mol. The van der Waals surface area contributed by atoms with Crippen LogP contribution < -0.4 is 4.72 Å². The van der Waals surface area contributed by atoms with E-state index in [9.17, 15) is 8.42 Å². The summed E-state index contributed by atoms with van der Waals surface area (Å²) in [6.07, 6.45) is 4.37. The van der Waals surface area contributed by atoms with Gasteiger partial charge in [-0.2, -0.15) is 11.3 Å². The van der Waals surface area contributed by atoms with E-state index in [-0.39, 0.29) is 10.3 Å². The number of rotatable bonds is 5. The molecule has 1 aliphatic carbocycles. The van der Waals surface area contributed by atoms with Gasteiger partial charge in [0, 0.05) is 17.0 Å². The smallest absolute Gasteiger partial charge is 0.210 e. The normalized spacial score (nSPS) is 17.7. The van der Waals surface area contributed by atoms with Gasteiger partial charge in [0.25, 0.3) is 0 Å². The number of nitrogens with one attached hydrogen (secondary N) is 1. The fourth-order valence-electron chi connectivity index (χ4n) is 3.12. The van der Waals surface area contributed by atoms with Gasteiger partial charge < -0.3 is 0 Å². The van der Waals surface area contributed by atoms with Crippen LogP contribution in [0.25, 0.3) is 0 Å². The molecule has 0 bridgehead atoms. The highest BCUT2D eigenvalue weighted by atomic mass is 35.5. The maximum Gasteiger partial charge on any atom is 0.240 e. The maximum absolute atomic E-state index is 12.5. The zero-order chi connectivity index (χ0) is 15.6. The molecule has 0 atom stereocenters. The van der Waals surface area contributed by atoms with Crippen molar-refractivity contribution in [3.63, 3.8) is 0 Å². The Morgan fingerprint density at radius 2 is 1.82 bits per heavy atom. The first kappa shape index (κ1) is 16.0. The Kier molecular flexibility index (Phi) is 4.59. The maximum atomic E-state index is 12.5. The number of hydrogen-bond donors (Lipinski definition) is 1. The lowest BCUT2D eigenvalue weighted by Gasteiger charge is -2.28. The Labute approximate surface area is 140 Å². The first-order chi connectivity index (χ1) is 10.5. The first-order valence-electron chi connectivity index (χ1n) is 7.30. The molecule has 3 rings (SSSR count). The summed E-state index contributed by atoms with van der Waals surface area (Å²) in [7, 11) is -3.50. The van der Waals surface area contributed by atoms with Crippen molar-refractivity contribution >= 4 is 33.0 Å². The molecule has 0 spiro atoms. The van der Waals surface area contributed by atoms with Crippen molar-refractivity contribution in [3.8, 4) is 0 Å². The molecule has 1 aromatic carbocycles. The summed E-state index contributed by atoms with van der Waals surface area (Å²) < 4.78 is 27.7. The van der Waals surface area contributed by atoms with E-state index in [0.29, 0.717) is 11.6 Å². The molecule has 1 saturated carbocycles. The van der Waals surface area contributed by atoms with Crippen molar-refractivity contribution in [2.24, 2.45) is 0 Å². The molecule has 1 heterocycles. The topological polar surface area (TPSA) is 46.2 Å². The number of halogens is 1. The molecule has 0 amide bonds. The number of hydrogen-bond acceptors (Lipinski definition) is 3. The summed E-state index contributed by atoms with van der Waals surface area (Å²) in [6, 6.07) is 8.39. The van der Waals surface area contributed by atoms with Crippen molar-refractivity contribution in [1.82, 2.24) is 4.72 Å². The molecule has 6 heteroatoms. The zero-order valence-electron chi connectivity index (χ0n) is 12.1. The average molecular weight is 356 g/mol. The molecule has 1 aromatic heterocycles. The van der Waals surface area contributed by atoms with E-state index in [1.165, 1.54) is 17.7 Å². The standard InChI is InChI=1S/C16H18ClNO2S2/c17-14-3-5-15(6-4-14)22(19,20)18-12-16(8-1-2-9-16)13-7-10-21-11-13/h3-7,10-11,18H,1-2,8-9,12H2. The second-order valence-corrected chi connectivity index (χ2v) is 8.76. The lowest BCUT2D eigenvalue weighted by Crippen LogP contribution is -2.38. The third-order valence-corrected chi connectivity index (χ3v) is 6.77. The highest BCUT2D eigenvalue weighted by molar-refractivity contribution is 7.89. The lowest BCUT2D eigenvalue weighted by atomic mass is 9.81. The Balaban J connectivity index is 1.79. The Morgan fingerprint density at radius 3 is 2.41 bits per heavy atom. The van der Waals surface area contributed by atoms with Crippen LogP contribution >= 0.6 is 22.9 Å². The third-order valence-electron chi connectivity index (χ3n) is 4.42. The fourth-order valence-corrected chi connectivity index (χ4v) is 5.15. The number of thiophene rings is 1. The third kappa shape index (κ3) is 3.23. The second-order valence-electron chi connectivity index (χ2n) is 5.78. The van der Waals surface area contributed by atoms with Crippen LogP contribution in [0.2, 0.25) is 5.02 Å². The summed E-state index contributed by atoms with van der Waals surface area (Å²) in [4.78, 5) is 0.260. The van der Waals surface area contributed by atoms with Crippen molar-refractivity contribution in [3.05, 3.63) is 51.7 Å². The van der Waals surface area contributed by atoms with E-state index in [1.54, 1.807) is 23.5 Å². The van der Waals surface area contributed by atoms with Gasteiger partial charge in [0.2, 0.25) is 10.0 Å². The number of sulfonamides is 1. The van der Waals surface area contributed by atoms with E-state index in [2.05, 4.69) is 21.5 Å². The largest absolute Gasteiger partial charge is 0.240 e. The van der Waals surface area contributed by atoms with Gasteiger partial charge in [0.05, 0.1) is 4.90 Å². The molecule has 0 aliphatic heterocycles. The zero-order valence-corrected chi connectivity index (χ0v) is 14.5. The molecular weight excluding hydrogens is 338 g/mol. The molecule has 118 valence electrons. The van der Waals surface area contributed by atoms with Gasteiger partial charge in [-0.1, -0.05) is 24.4 Å². The summed E-state index contributed by atoms with van der Waals surface area (Å²) in [5.74, 6) is 0. The molecular formula is C16H18ClNO2S2. The monoisotopic (exact) mass is 355 g/mol. The van der Waals surface area contributed by atoms with E-state index in [0.717, 1.165) is 25.7 Å². The minimum atomic E-state index is -3.50. The highest BCUT2D eigenvalue weighted by Crippen LogP contribution is 2.41. The summed E-state index contributed by atoms with van der Waals surface area (Å²) in [5, 5.41) is 4.73. The Hall–Kier alpha value is -0.880. The van der Waals surface area contributed by atoms with Gasteiger partial charge in [-0.25, -0.2) is 13.1 Å². The van der Waals surface area contributed by atoms with E-state index in [4.69, 9.17) is 11.6 Å². The summed E-state index contributed by atoms with van der Waals surface area (Å²) in [5.41, 5.74) is 1.20. The molecule has 3 nitrogen and oxygen atoms in total. The van der Waals surface area contributed by atoms with Crippen LogP contribution in [0.15, 0.2) is 46.0 Å². The highest BCUT2D eigenvalue weighted by Gasteiger charge is 2.37. The van der Waals surface area contributed by atoms with Crippen LogP contribution in [0, 0.1) is 0 Å². The van der Waals surface area contributed by atoms with E-state index >= 15 is 0 Å². The van der Waals surface area contributed by atoms with Crippen molar-refractivity contribution in [1.29, 1.82) is 0 Å². The molecule has 22 heavy (non-hydrogen) atoms. The molecule has 0 unspecified atom stereocenters. The van der Waals surface area contributed by atoms with Crippen LogP contribution in [0.1, 0.15) is 31.2 Å². The SMILES string of the molecule is O=S(=O)(NCC1(c2ccsc2)CCCC1)c1ccc(Cl)cc1. The van der Waals surface area contributed by atoms with Gasteiger partial charge >= 0.3 is 0 Å². The van der Waals surface area contributed by atoms with E-state index < -0.39 is 10.0 Å². The van der Waals surface area contributed by atoms with Crippen LogP contribution in [0.4, 0.5) is 0 Å². The lowest BCUT2D eigenvalue weighted by molar-refractivity contribution is 0.433. The van der Waals surface area contributed by atoms with Gasteiger partial charge in [0.1, 0.15) is 0 Å². The predicted octanol–water partition coefficient (Wildman–Crippen LogP) is 4.19. The Morgan fingerprint density at radius 1 is 1.14 bits per heavy atom. The quantitative estimate of drug-likeness (QED) is 0.874. The Bertz CT molecular complexity index is 718. The van der Waals surface area contributed by atoms with Crippen LogP contribution in [0.3, 0.4) is 0 Å². The molecule has 2 aromatic rings. The van der Waals surface area contributed by atoms with E-state index in [1.807, 2.05) is 0 Å². The first-order valence-corrected chi connectivity index (χ1v) is 10.1. The molecule has 0 saturated heterocycles. The molecule has 0 radical (unpaired) electrons. The average Bonchev–Trinajstić information content (AvgIpc) is 3.18. The van der Waals surface area contributed by atoms with Crippen molar-refractivity contribution in [2.75, 3.05) is 6.54 Å². The fraction of sp³-hybridized carbons (Fsp3) is 0.375. The molecule has 1 N–H and O–H groups in total. The van der Waals surface area contributed by atoms with Gasteiger partial charge in [-0.15, -0.1) is 0 Å². The molecule has 1 aliphatic rings. The van der Waals surface area contributed by atoms with Gasteiger partial charge in [-0.3, -0.25) is 0 Å². The minimum absolute atomic E-state index is 0.0561. The van der Waals surface area contributed by atoms with Gasteiger partial charge in [0.15, 0.2) is 0 Å². The second kappa shape index (κ2) is 6.32.